The number of aliphatic hydroxyl groups is 1. The maximum Gasteiger partial charge on any atom is 0.472 e. The SMILES string of the molecule is CCCCC/C=C\C/C=C\CCCCCCCCCC(=O)NC(COP(=O)(O)OCC[N+](C)(C)C)C(O)CCCCCCCCCCCCCCCCCCCCCCCCC. The van der Waals surface area contributed by atoms with Crippen molar-refractivity contribution in [3.63, 3.8) is 0 Å². The summed E-state index contributed by atoms with van der Waals surface area (Å²) in [6.45, 7) is 4.88. The van der Waals surface area contributed by atoms with Gasteiger partial charge in [0.2, 0.25) is 5.91 Å². The third-order valence-corrected chi connectivity index (χ3v) is 13.2. The fourth-order valence-electron chi connectivity index (χ4n) is 7.96. The van der Waals surface area contributed by atoms with Gasteiger partial charge in [0.1, 0.15) is 13.2 Å². The van der Waals surface area contributed by atoms with E-state index in [9.17, 15) is 19.4 Å². The second kappa shape index (κ2) is 45.1. The molecule has 0 saturated heterocycles. The van der Waals surface area contributed by atoms with Gasteiger partial charge < -0.3 is 19.8 Å². The average molecular weight is 898 g/mol. The van der Waals surface area contributed by atoms with Gasteiger partial charge in [-0.15, -0.1) is 0 Å². The van der Waals surface area contributed by atoms with Crippen LogP contribution in [0.2, 0.25) is 0 Å². The van der Waals surface area contributed by atoms with Gasteiger partial charge in [-0.25, -0.2) is 4.57 Å². The number of allylic oxidation sites excluding steroid dienone is 4. The molecule has 62 heavy (non-hydrogen) atoms. The number of hydrogen-bond donors (Lipinski definition) is 3. The number of rotatable bonds is 49. The molecule has 0 bridgehead atoms. The van der Waals surface area contributed by atoms with Crippen molar-refractivity contribution in [3.05, 3.63) is 24.3 Å². The Labute approximate surface area is 385 Å². The van der Waals surface area contributed by atoms with Crippen LogP contribution in [0.15, 0.2) is 24.3 Å². The molecule has 0 heterocycles. The van der Waals surface area contributed by atoms with E-state index in [4.69, 9.17) is 9.05 Å². The highest BCUT2D eigenvalue weighted by molar-refractivity contribution is 7.47. The molecule has 0 aliphatic rings. The molecule has 0 spiro atoms. The smallest absolute Gasteiger partial charge is 0.391 e. The quantitative estimate of drug-likeness (QED) is 0.0243. The van der Waals surface area contributed by atoms with E-state index in [0.717, 1.165) is 51.4 Å². The van der Waals surface area contributed by atoms with Crippen LogP contribution in [0, 0.1) is 0 Å². The summed E-state index contributed by atoms with van der Waals surface area (Å²) in [5.74, 6) is -0.150. The number of nitrogens with zero attached hydrogens (tertiary/aromatic N) is 1. The molecule has 0 saturated carbocycles. The van der Waals surface area contributed by atoms with Gasteiger partial charge in [0.15, 0.2) is 0 Å². The normalized spacial score (nSPS) is 14.2. The van der Waals surface area contributed by atoms with Crippen molar-refractivity contribution in [3.8, 4) is 0 Å². The van der Waals surface area contributed by atoms with E-state index in [1.54, 1.807) is 0 Å². The number of phosphoric acid groups is 1. The number of phosphoric ester groups is 1. The molecule has 8 nitrogen and oxygen atoms in total. The Balaban J connectivity index is 4.21. The zero-order valence-corrected chi connectivity index (χ0v) is 42.8. The van der Waals surface area contributed by atoms with Gasteiger partial charge in [-0.3, -0.25) is 13.8 Å². The van der Waals surface area contributed by atoms with E-state index in [1.165, 1.54) is 180 Å². The number of carbonyl (C=O) groups excluding carboxylic acids is 1. The Bertz CT molecular complexity index is 1060. The number of quaternary nitrogens is 1. The highest BCUT2D eigenvalue weighted by atomic mass is 31.2. The molecule has 3 atom stereocenters. The largest absolute Gasteiger partial charge is 0.472 e. The van der Waals surface area contributed by atoms with Crippen LogP contribution >= 0.6 is 7.82 Å². The molecule has 0 rings (SSSR count). The number of hydrogen-bond acceptors (Lipinski definition) is 5. The van der Waals surface area contributed by atoms with E-state index in [1.807, 2.05) is 21.1 Å². The Morgan fingerprint density at radius 1 is 0.548 bits per heavy atom. The maximum absolute atomic E-state index is 12.9. The van der Waals surface area contributed by atoms with Crippen LogP contribution < -0.4 is 5.32 Å². The van der Waals surface area contributed by atoms with Gasteiger partial charge in [-0.05, 0) is 44.9 Å². The average Bonchev–Trinajstić information content (AvgIpc) is 3.23. The fraction of sp³-hybridized carbons (Fsp3) is 0.906. The van der Waals surface area contributed by atoms with Crippen molar-refractivity contribution in [2.45, 2.75) is 270 Å². The predicted molar refractivity (Wildman–Crippen MR) is 268 cm³/mol. The molecular weight excluding hydrogens is 792 g/mol. The lowest BCUT2D eigenvalue weighted by molar-refractivity contribution is -0.870. The third-order valence-electron chi connectivity index (χ3n) is 12.2. The molecule has 0 aliphatic carbocycles. The number of nitrogens with one attached hydrogen (secondary N) is 1. The van der Waals surface area contributed by atoms with E-state index in [0.29, 0.717) is 23.9 Å². The summed E-state index contributed by atoms with van der Waals surface area (Å²) in [5.41, 5.74) is 0. The standard InChI is InChI=1S/C53H105N2O6P/c1-6-8-10-12-14-16-18-20-22-24-25-26-27-28-29-31-32-34-36-38-40-42-44-46-52(56)51(50-61-62(58,59)60-49-48-55(3,4)5)54-53(57)47-45-43-41-39-37-35-33-30-23-21-19-17-15-13-11-9-7-2/h15,17,21,23,51-52,56H,6-14,16,18-20,22,24-50H2,1-5H3,(H-,54,57,58,59)/p+1/b17-15-,23-21-. The highest BCUT2D eigenvalue weighted by Gasteiger charge is 2.28. The van der Waals surface area contributed by atoms with E-state index in [-0.39, 0.29) is 19.1 Å². The van der Waals surface area contributed by atoms with Crippen molar-refractivity contribution >= 4 is 13.7 Å². The Hall–Kier alpha value is -1.02. The summed E-state index contributed by atoms with van der Waals surface area (Å²) in [4.78, 5) is 23.3. The first-order valence-electron chi connectivity index (χ1n) is 26.7. The van der Waals surface area contributed by atoms with Crippen molar-refractivity contribution in [1.29, 1.82) is 0 Å². The van der Waals surface area contributed by atoms with Gasteiger partial charge >= 0.3 is 7.82 Å². The van der Waals surface area contributed by atoms with Gasteiger partial charge in [0.05, 0.1) is 39.9 Å². The lowest BCUT2D eigenvalue weighted by atomic mass is 10.0. The lowest BCUT2D eigenvalue weighted by Crippen LogP contribution is -2.46. The van der Waals surface area contributed by atoms with Crippen molar-refractivity contribution in [2.24, 2.45) is 0 Å². The van der Waals surface area contributed by atoms with Crippen LogP contribution in [-0.2, 0) is 18.4 Å². The number of likely N-dealkylation sites (N-methyl/N-ethyl adjacent to an activating group) is 1. The van der Waals surface area contributed by atoms with Crippen molar-refractivity contribution in [1.82, 2.24) is 5.32 Å². The van der Waals surface area contributed by atoms with Crippen LogP contribution in [0.25, 0.3) is 0 Å². The second-order valence-corrected chi connectivity index (χ2v) is 21.1. The first kappa shape index (κ1) is 61.0. The minimum Gasteiger partial charge on any atom is -0.391 e. The van der Waals surface area contributed by atoms with Gasteiger partial charge in [0, 0.05) is 6.42 Å². The molecule has 0 aromatic carbocycles. The molecule has 0 radical (unpaired) electrons. The van der Waals surface area contributed by atoms with Gasteiger partial charge in [0.25, 0.3) is 0 Å². The minimum absolute atomic E-state index is 0.0739. The van der Waals surface area contributed by atoms with Crippen LogP contribution in [0.3, 0.4) is 0 Å². The zero-order valence-electron chi connectivity index (χ0n) is 41.9. The molecule has 0 aromatic heterocycles. The monoisotopic (exact) mass is 898 g/mol. The fourth-order valence-corrected chi connectivity index (χ4v) is 8.70. The molecule has 3 unspecified atom stereocenters. The molecular formula is C53H106N2O6P+. The first-order valence-corrected chi connectivity index (χ1v) is 28.2. The highest BCUT2D eigenvalue weighted by Crippen LogP contribution is 2.43. The number of unbranched alkanes of at least 4 members (excludes halogenated alkanes) is 32. The van der Waals surface area contributed by atoms with Crippen molar-refractivity contribution < 1.29 is 32.9 Å². The topological polar surface area (TPSA) is 105 Å². The molecule has 0 fully saturated rings. The van der Waals surface area contributed by atoms with Crippen molar-refractivity contribution in [2.75, 3.05) is 40.9 Å². The third kappa shape index (κ3) is 47.0. The molecule has 1 amide bonds. The summed E-state index contributed by atoms with van der Waals surface area (Å²) >= 11 is 0. The van der Waals surface area contributed by atoms with Crippen LogP contribution in [0.1, 0.15) is 258 Å². The minimum atomic E-state index is -4.32. The number of amides is 1. The zero-order chi connectivity index (χ0) is 45.7. The molecule has 0 aromatic rings. The predicted octanol–water partition coefficient (Wildman–Crippen LogP) is 15.6. The number of aliphatic hydroxyl groups excluding tert-OH is 1. The summed E-state index contributed by atoms with van der Waals surface area (Å²) < 4.78 is 23.7. The second-order valence-electron chi connectivity index (χ2n) is 19.6. The number of carbonyl (C=O) groups is 1. The Morgan fingerprint density at radius 2 is 0.919 bits per heavy atom. The summed E-state index contributed by atoms with van der Waals surface area (Å²) in [5, 5.41) is 14.0. The molecule has 368 valence electrons. The molecule has 9 heteroatoms. The summed E-state index contributed by atoms with van der Waals surface area (Å²) in [6, 6.07) is -0.763. The summed E-state index contributed by atoms with van der Waals surface area (Å²) in [6.07, 6.45) is 55.0. The van der Waals surface area contributed by atoms with Gasteiger partial charge in [-0.2, -0.15) is 0 Å². The van der Waals surface area contributed by atoms with E-state index in [2.05, 4.69) is 43.5 Å². The van der Waals surface area contributed by atoms with E-state index >= 15 is 0 Å². The van der Waals surface area contributed by atoms with Crippen LogP contribution in [-0.4, -0.2) is 73.4 Å². The van der Waals surface area contributed by atoms with Crippen LogP contribution in [0.4, 0.5) is 0 Å². The van der Waals surface area contributed by atoms with E-state index < -0.39 is 20.0 Å². The first-order chi connectivity index (χ1) is 30.0. The lowest BCUT2D eigenvalue weighted by Gasteiger charge is -2.26. The van der Waals surface area contributed by atoms with Crippen LogP contribution in [0.5, 0.6) is 0 Å². The summed E-state index contributed by atoms with van der Waals surface area (Å²) in [7, 11) is 1.62. The molecule has 0 aliphatic heterocycles. The van der Waals surface area contributed by atoms with Gasteiger partial charge in [-0.1, -0.05) is 231 Å². The Kier molecular flexibility index (Phi) is 44.4. The molecule has 3 N–H and O–H groups in total. The Morgan fingerprint density at radius 3 is 1.35 bits per heavy atom. The maximum atomic E-state index is 12.9.